The van der Waals surface area contributed by atoms with E-state index in [-0.39, 0.29) is 5.82 Å². The number of benzene rings is 2. The van der Waals surface area contributed by atoms with Crippen molar-refractivity contribution in [1.82, 2.24) is 5.32 Å². The molecule has 0 aromatic heterocycles. The summed E-state index contributed by atoms with van der Waals surface area (Å²) in [5.41, 5.74) is 4.59. The lowest BCUT2D eigenvalue weighted by atomic mass is 10.0. The second-order valence-corrected chi connectivity index (χ2v) is 4.53. The maximum absolute atomic E-state index is 12.9. The van der Waals surface area contributed by atoms with Gasteiger partial charge < -0.3 is 5.32 Å². The first kappa shape index (κ1) is 13.5. The van der Waals surface area contributed by atoms with E-state index in [4.69, 9.17) is 0 Å². The van der Waals surface area contributed by atoms with Crippen LogP contribution in [0.1, 0.15) is 12.5 Å². The van der Waals surface area contributed by atoms with Crippen molar-refractivity contribution in [2.45, 2.75) is 6.92 Å². The highest BCUT2D eigenvalue weighted by Gasteiger charge is 1.99. The van der Waals surface area contributed by atoms with Gasteiger partial charge in [-0.3, -0.25) is 0 Å². The standard InChI is InChI=1S/C17H18FN/c1-13(11-12-19-2)14-3-5-15(6-4-14)16-7-9-17(18)10-8-16/h3-11,19H,12H2,1-2H3. The second-order valence-electron chi connectivity index (χ2n) is 4.53. The molecule has 0 fully saturated rings. The van der Waals surface area contributed by atoms with Crippen LogP contribution in [0.15, 0.2) is 54.6 Å². The first-order valence-corrected chi connectivity index (χ1v) is 6.38. The summed E-state index contributed by atoms with van der Waals surface area (Å²) in [4.78, 5) is 0. The Bertz CT molecular complexity index is 553. The first-order valence-electron chi connectivity index (χ1n) is 6.38. The van der Waals surface area contributed by atoms with E-state index in [2.05, 4.69) is 42.6 Å². The van der Waals surface area contributed by atoms with E-state index < -0.39 is 0 Å². The molecule has 0 heterocycles. The maximum atomic E-state index is 12.9. The topological polar surface area (TPSA) is 12.0 Å². The summed E-state index contributed by atoms with van der Waals surface area (Å²) in [6, 6.07) is 14.9. The molecule has 0 saturated heterocycles. The monoisotopic (exact) mass is 255 g/mol. The normalized spacial score (nSPS) is 11.6. The van der Waals surface area contributed by atoms with Gasteiger partial charge in [-0.1, -0.05) is 42.5 Å². The average Bonchev–Trinajstić information content (AvgIpc) is 2.46. The minimum Gasteiger partial charge on any atom is -0.316 e. The molecule has 2 aromatic rings. The Kier molecular flexibility index (Phi) is 4.48. The van der Waals surface area contributed by atoms with Crippen molar-refractivity contribution in [1.29, 1.82) is 0 Å². The van der Waals surface area contributed by atoms with Gasteiger partial charge in [-0.05, 0) is 48.4 Å². The van der Waals surface area contributed by atoms with E-state index in [1.807, 2.05) is 7.05 Å². The van der Waals surface area contributed by atoms with Gasteiger partial charge in [0.05, 0.1) is 0 Å². The van der Waals surface area contributed by atoms with Gasteiger partial charge in [0.15, 0.2) is 0 Å². The van der Waals surface area contributed by atoms with E-state index >= 15 is 0 Å². The molecular formula is C17H18FN. The molecule has 0 bridgehead atoms. The van der Waals surface area contributed by atoms with Gasteiger partial charge in [0.25, 0.3) is 0 Å². The zero-order valence-corrected chi connectivity index (χ0v) is 11.3. The number of rotatable bonds is 4. The maximum Gasteiger partial charge on any atom is 0.123 e. The SMILES string of the molecule is CNCC=C(C)c1ccc(-c2ccc(F)cc2)cc1. The molecule has 2 heteroatoms. The fraction of sp³-hybridized carbons (Fsp3) is 0.176. The predicted molar refractivity (Wildman–Crippen MR) is 79.4 cm³/mol. The van der Waals surface area contributed by atoms with Crippen LogP contribution in [-0.2, 0) is 0 Å². The molecule has 0 spiro atoms. The van der Waals surface area contributed by atoms with Gasteiger partial charge in [-0.25, -0.2) is 4.39 Å². The third kappa shape index (κ3) is 3.52. The van der Waals surface area contributed by atoms with Crippen LogP contribution < -0.4 is 5.32 Å². The first-order chi connectivity index (χ1) is 9.20. The number of hydrogen-bond acceptors (Lipinski definition) is 1. The summed E-state index contributed by atoms with van der Waals surface area (Å²) in [7, 11) is 1.93. The number of halogens is 1. The van der Waals surface area contributed by atoms with Crippen molar-refractivity contribution in [3.63, 3.8) is 0 Å². The minimum absolute atomic E-state index is 0.203. The average molecular weight is 255 g/mol. The molecule has 19 heavy (non-hydrogen) atoms. The number of hydrogen-bond donors (Lipinski definition) is 1. The Morgan fingerprint density at radius 3 is 2.05 bits per heavy atom. The Morgan fingerprint density at radius 2 is 1.53 bits per heavy atom. The van der Waals surface area contributed by atoms with E-state index in [0.29, 0.717) is 0 Å². The van der Waals surface area contributed by atoms with E-state index in [1.54, 1.807) is 12.1 Å². The molecule has 0 atom stereocenters. The molecule has 0 aliphatic carbocycles. The van der Waals surface area contributed by atoms with E-state index in [9.17, 15) is 4.39 Å². The molecule has 2 aromatic carbocycles. The number of allylic oxidation sites excluding steroid dienone is 1. The summed E-state index contributed by atoms with van der Waals surface area (Å²) in [6.07, 6.45) is 2.16. The summed E-state index contributed by atoms with van der Waals surface area (Å²) >= 11 is 0. The van der Waals surface area contributed by atoms with Crippen LogP contribution in [-0.4, -0.2) is 13.6 Å². The van der Waals surface area contributed by atoms with Crippen molar-refractivity contribution in [3.05, 3.63) is 66.0 Å². The molecule has 98 valence electrons. The van der Waals surface area contributed by atoms with Gasteiger partial charge in [-0.15, -0.1) is 0 Å². The summed E-state index contributed by atoms with van der Waals surface area (Å²) in [5.74, 6) is -0.203. The number of likely N-dealkylation sites (N-methyl/N-ethyl adjacent to an activating group) is 1. The van der Waals surface area contributed by atoms with Crippen LogP contribution in [0.2, 0.25) is 0 Å². The fourth-order valence-corrected chi connectivity index (χ4v) is 1.94. The van der Waals surface area contributed by atoms with Gasteiger partial charge in [-0.2, -0.15) is 0 Å². The van der Waals surface area contributed by atoms with Crippen molar-refractivity contribution in [3.8, 4) is 11.1 Å². The Labute approximate surface area is 113 Å². The van der Waals surface area contributed by atoms with Gasteiger partial charge in [0.2, 0.25) is 0 Å². The van der Waals surface area contributed by atoms with Gasteiger partial charge in [0.1, 0.15) is 5.82 Å². The highest BCUT2D eigenvalue weighted by Crippen LogP contribution is 2.22. The summed E-state index contributed by atoms with van der Waals surface area (Å²) < 4.78 is 12.9. The van der Waals surface area contributed by atoms with Crippen LogP contribution in [0.5, 0.6) is 0 Å². The van der Waals surface area contributed by atoms with Crippen LogP contribution in [0.3, 0.4) is 0 Å². The van der Waals surface area contributed by atoms with Gasteiger partial charge >= 0.3 is 0 Å². The smallest absolute Gasteiger partial charge is 0.123 e. The van der Waals surface area contributed by atoms with Crippen molar-refractivity contribution < 1.29 is 4.39 Å². The molecule has 2 rings (SSSR count). The third-order valence-corrected chi connectivity index (χ3v) is 3.13. The van der Waals surface area contributed by atoms with Crippen molar-refractivity contribution in [2.75, 3.05) is 13.6 Å². The predicted octanol–water partition coefficient (Wildman–Crippen LogP) is 4.12. The fourth-order valence-electron chi connectivity index (χ4n) is 1.94. The molecule has 0 amide bonds. The van der Waals surface area contributed by atoms with Crippen LogP contribution in [0.25, 0.3) is 16.7 Å². The number of nitrogens with one attached hydrogen (secondary N) is 1. The zero-order valence-electron chi connectivity index (χ0n) is 11.3. The lowest BCUT2D eigenvalue weighted by Gasteiger charge is -2.05. The lowest BCUT2D eigenvalue weighted by Crippen LogP contribution is -2.04. The van der Waals surface area contributed by atoms with Crippen LogP contribution in [0, 0.1) is 5.82 Å². The molecule has 0 saturated carbocycles. The highest BCUT2D eigenvalue weighted by molar-refractivity contribution is 5.69. The zero-order chi connectivity index (χ0) is 13.7. The Hall–Kier alpha value is -1.93. The molecule has 0 aliphatic heterocycles. The largest absolute Gasteiger partial charge is 0.316 e. The van der Waals surface area contributed by atoms with Crippen LogP contribution >= 0.6 is 0 Å². The second kappa shape index (κ2) is 6.30. The highest BCUT2D eigenvalue weighted by atomic mass is 19.1. The summed E-state index contributed by atoms with van der Waals surface area (Å²) in [5, 5.41) is 3.10. The molecule has 0 aliphatic rings. The summed E-state index contributed by atoms with van der Waals surface area (Å²) in [6.45, 7) is 2.97. The quantitative estimate of drug-likeness (QED) is 0.866. The van der Waals surface area contributed by atoms with E-state index in [1.165, 1.54) is 23.3 Å². The van der Waals surface area contributed by atoms with E-state index in [0.717, 1.165) is 17.7 Å². The Morgan fingerprint density at radius 1 is 1.00 bits per heavy atom. The molecule has 1 N–H and O–H groups in total. The molecule has 1 nitrogen and oxygen atoms in total. The third-order valence-electron chi connectivity index (χ3n) is 3.13. The Balaban J connectivity index is 2.21. The molecular weight excluding hydrogens is 237 g/mol. The van der Waals surface area contributed by atoms with Crippen LogP contribution in [0.4, 0.5) is 4.39 Å². The van der Waals surface area contributed by atoms with Gasteiger partial charge in [0, 0.05) is 6.54 Å². The lowest BCUT2D eigenvalue weighted by molar-refractivity contribution is 0.628. The minimum atomic E-state index is -0.203. The van der Waals surface area contributed by atoms with Crippen molar-refractivity contribution in [2.24, 2.45) is 0 Å². The molecule has 0 unspecified atom stereocenters. The van der Waals surface area contributed by atoms with Crippen molar-refractivity contribution >= 4 is 5.57 Å². The molecule has 0 radical (unpaired) electrons.